The van der Waals surface area contributed by atoms with Crippen LogP contribution in [-0.4, -0.2) is 41.2 Å². The van der Waals surface area contributed by atoms with E-state index in [1.54, 1.807) is 20.8 Å². The normalized spacial score (nSPS) is 18.6. The molecule has 0 saturated carbocycles. The highest BCUT2D eigenvalue weighted by Crippen LogP contribution is 2.33. The molecule has 0 spiro atoms. The van der Waals surface area contributed by atoms with E-state index in [9.17, 15) is 14.9 Å². The number of amides is 1. The minimum Gasteiger partial charge on any atom is -0.444 e. The van der Waals surface area contributed by atoms with E-state index >= 15 is 0 Å². The predicted molar refractivity (Wildman–Crippen MR) is 86.7 cm³/mol. The lowest BCUT2D eigenvalue weighted by atomic mass is 10.0. The van der Waals surface area contributed by atoms with Gasteiger partial charge in [0, 0.05) is 30.7 Å². The van der Waals surface area contributed by atoms with Gasteiger partial charge in [-0.2, -0.15) is 0 Å². The molecule has 1 saturated heterocycles. The predicted octanol–water partition coefficient (Wildman–Crippen LogP) is 3.13. The zero-order chi connectivity index (χ0) is 17.2. The molecule has 0 radical (unpaired) electrons. The number of hydrogen-bond donors (Lipinski definition) is 1. The lowest BCUT2D eigenvalue weighted by Crippen LogP contribution is -2.50. The molecule has 1 aliphatic heterocycles. The molecule has 1 fully saturated rings. The minimum atomic E-state index is -0.632. The summed E-state index contributed by atoms with van der Waals surface area (Å²) in [7, 11) is 0. The van der Waals surface area contributed by atoms with Gasteiger partial charge >= 0.3 is 6.09 Å². The average Bonchev–Trinajstić information content (AvgIpc) is 2.45. The van der Waals surface area contributed by atoms with Gasteiger partial charge in [-0.1, -0.05) is 11.6 Å². The number of carbonyl (C=O) groups is 1. The summed E-state index contributed by atoms with van der Waals surface area (Å²) in [6.07, 6.45) is -0.488. The molecule has 1 heterocycles. The number of nitrogens with one attached hydrogen (secondary N) is 1. The summed E-state index contributed by atoms with van der Waals surface area (Å²) >= 11 is 6.00. The fraction of sp³-hybridized carbons (Fsp3) is 0.533. The van der Waals surface area contributed by atoms with E-state index in [-0.39, 0.29) is 5.69 Å². The Kier molecular flexibility index (Phi) is 5.11. The Labute approximate surface area is 139 Å². The highest BCUT2D eigenvalue weighted by molar-refractivity contribution is 6.30. The Balaban J connectivity index is 2.37. The number of nitro groups is 1. The van der Waals surface area contributed by atoms with Crippen molar-refractivity contribution in [3.8, 4) is 0 Å². The van der Waals surface area contributed by atoms with Crippen LogP contribution in [0.15, 0.2) is 18.2 Å². The third-order valence-corrected chi connectivity index (χ3v) is 3.65. The van der Waals surface area contributed by atoms with Gasteiger partial charge in [0.1, 0.15) is 5.60 Å². The van der Waals surface area contributed by atoms with Crippen LogP contribution in [-0.2, 0) is 4.74 Å². The highest BCUT2D eigenvalue weighted by atomic mass is 35.5. The molecule has 1 atom stereocenters. The second-order valence-electron chi connectivity index (χ2n) is 6.35. The molecule has 1 aromatic carbocycles. The van der Waals surface area contributed by atoms with Gasteiger partial charge in [-0.25, -0.2) is 4.79 Å². The summed E-state index contributed by atoms with van der Waals surface area (Å²) in [5.41, 5.74) is -0.288. The van der Waals surface area contributed by atoms with Gasteiger partial charge < -0.3 is 10.1 Å². The van der Waals surface area contributed by atoms with E-state index in [1.807, 2.05) is 0 Å². The topological polar surface area (TPSA) is 84.7 Å². The van der Waals surface area contributed by atoms with Gasteiger partial charge in [0.25, 0.3) is 5.69 Å². The Morgan fingerprint density at radius 2 is 2.17 bits per heavy atom. The number of nitro benzene ring substituents is 1. The van der Waals surface area contributed by atoms with Gasteiger partial charge in [0.05, 0.1) is 16.5 Å². The van der Waals surface area contributed by atoms with Crippen molar-refractivity contribution >= 4 is 23.4 Å². The monoisotopic (exact) mass is 341 g/mol. The molecule has 0 aromatic heterocycles. The van der Waals surface area contributed by atoms with Crippen molar-refractivity contribution in [1.82, 2.24) is 10.2 Å². The number of carbonyl (C=O) groups excluding carboxylic acids is 1. The van der Waals surface area contributed by atoms with Crippen molar-refractivity contribution in [3.63, 3.8) is 0 Å². The van der Waals surface area contributed by atoms with Gasteiger partial charge in [-0.15, -0.1) is 0 Å². The number of hydrogen-bond acceptors (Lipinski definition) is 5. The molecule has 8 heteroatoms. The third kappa shape index (κ3) is 4.33. The zero-order valence-corrected chi connectivity index (χ0v) is 14.1. The average molecular weight is 342 g/mol. The summed E-state index contributed by atoms with van der Waals surface area (Å²) in [6, 6.07) is 3.86. The van der Waals surface area contributed by atoms with Crippen LogP contribution < -0.4 is 5.32 Å². The molecule has 1 aromatic rings. The van der Waals surface area contributed by atoms with E-state index in [0.29, 0.717) is 30.2 Å². The van der Waals surface area contributed by atoms with Crippen LogP contribution in [0, 0.1) is 10.1 Å². The summed E-state index contributed by atoms with van der Waals surface area (Å²) in [5.74, 6) is 0. The first kappa shape index (κ1) is 17.5. The Bertz CT molecular complexity index is 615. The molecule has 0 aliphatic carbocycles. The number of rotatable bonds is 2. The lowest BCUT2D eigenvalue weighted by molar-refractivity contribution is -0.386. The number of piperazine rings is 1. The summed E-state index contributed by atoms with van der Waals surface area (Å²) in [4.78, 5) is 24.8. The van der Waals surface area contributed by atoms with Crippen LogP contribution in [0.5, 0.6) is 0 Å². The molecule has 126 valence electrons. The molecule has 2 rings (SSSR count). The van der Waals surface area contributed by atoms with Gasteiger partial charge in [-0.05, 0) is 32.9 Å². The van der Waals surface area contributed by atoms with E-state index in [2.05, 4.69) is 5.32 Å². The standard InChI is InChI=1S/C15H20ClN3O4/c1-15(2,3)23-14(20)18-7-6-17-9-13(18)11-8-10(16)4-5-12(11)19(21)22/h4-5,8,13,17H,6-7,9H2,1-3H3. The quantitative estimate of drug-likeness (QED) is 0.660. The first-order valence-electron chi connectivity index (χ1n) is 7.33. The Morgan fingerprint density at radius 3 is 2.78 bits per heavy atom. The fourth-order valence-corrected chi connectivity index (χ4v) is 2.66. The van der Waals surface area contributed by atoms with Crippen molar-refractivity contribution in [1.29, 1.82) is 0 Å². The van der Waals surface area contributed by atoms with Gasteiger partial charge in [0.15, 0.2) is 0 Å². The van der Waals surface area contributed by atoms with Gasteiger partial charge in [0.2, 0.25) is 0 Å². The Morgan fingerprint density at radius 1 is 1.48 bits per heavy atom. The number of halogens is 1. The Hall–Kier alpha value is -1.86. The van der Waals surface area contributed by atoms with Crippen LogP contribution in [0.4, 0.5) is 10.5 Å². The van der Waals surface area contributed by atoms with E-state index in [1.165, 1.54) is 23.1 Å². The fourth-order valence-electron chi connectivity index (χ4n) is 2.48. The van der Waals surface area contributed by atoms with Crippen molar-refractivity contribution < 1.29 is 14.5 Å². The van der Waals surface area contributed by atoms with Crippen molar-refractivity contribution in [3.05, 3.63) is 38.9 Å². The highest BCUT2D eigenvalue weighted by Gasteiger charge is 2.35. The SMILES string of the molecule is CC(C)(C)OC(=O)N1CCNCC1c1cc(Cl)ccc1[N+](=O)[O-]. The van der Waals surface area contributed by atoms with Crippen LogP contribution in [0.1, 0.15) is 32.4 Å². The van der Waals surface area contributed by atoms with Crippen LogP contribution in [0.2, 0.25) is 5.02 Å². The molecule has 1 unspecified atom stereocenters. The maximum atomic E-state index is 12.4. The van der Waals surface area contributed by atoms with Crippen molar-refractivity contribution in [2.45, 2.75) is 32.4 Å². The maximum absolute atomic E-state index is 12.4. The van der Waals surface area contributed by atoms with Crippen LogP contribution in [0.3, 0.4) is 0 Å². The molecular weight excluding hydrogens is 322 g/mol. The number of benzene rings is 1. The second-order valence-corrected chi connectivity index (χ2v) is 6.79. The maximum Gasteiger partial charge on any atom is 0.410 e. The van der Waals surface area contributed by atoms with E-state index in [4.69, 9.17) is 16.3 Å². The minimum absolute atomic E-state index is 0.0586. The summed E-state index contributed by atoms with van der Waals surface area (Å²) in [6.45, 7) is 6.76. The van der Waals surface area contributed by atoms with Gasteiger partial charge in [-0.3, -0.25) is 15.0 Å². The first-order valence-corrected chi connectivity index (χ1v) is 7.71. The molecule has 1 amide bonds. The lowest BCUT2D eigenvalue weighted by Gasteiger charge is -2.37. The van der Waals surface area contributed by atoms with Crippen molar-refractivity contribution in [2.24, 2.45) is 0 Å². The molecule has 0 bridgehead atoms. The van der Waals surface area contributed by atoms with Crippen molar-refractivity contribution in [2.75, 3.05) is 19.6 Å². The second kappa shape index (κ2) is 6.72. The number of ether oxygens (including phenoxy) is 1. The summed E-state index contributed by atoms with van der Waals surface area (Å²) < 4.78 is 5.42. The molecule has 1 aliphatic rings. The smallest absolute Gasteiger partial charge is 0.410 e. The largest absolute Gasteiger partial charge is 0.444 e. The molecule has 7 nitrogen and oxygen atoms in total. The number of nitrogens with zero attached hydrogens (tertiary/aromatic N) is 2. The molecular formula is C15H20ClN3O4. The third-order valence-electron chi connectivity index (χ3n) is 3.42. The first-order chi connectivity index (χ1) is 10.7. The van der Waals surface area contributed by atoms with Crippen LogP contribution in [0.25, 0.3) is 0 Å². The molecule has 1 N–H and O–H groups in total. The zero-order valence-electron chi connectivity index (χ0n) is 13.3. The molecule has 23 heavy (non-hydrogen) atoms. The van der Waals surface area contributed by atoms with E-state index in [0.717, 1.165) is 0 Å². The van der Waals surface area contributed by atoms with E-state index < -0.39 is 22.7 Å². The summed E-state index contributed by atoms with van der Waals surface area (Å²) in [5, 5.41) is 14.8. The van der Waals surface area contributed by atoms with Crippen LogP contribution >= 0.6 is 11.6 Å².